The molecule has 0 aliphatic carbocycles. The van der Waals surface area contributed by atoms with Gasteiger partial charge in [0, 0.05) is 0 Å². The van der Waals surface area contributed by atoms with Gasteiger partial charge in [0.1, 0.15) is 5.69 Å². The highest BCUT2D eigenvalue weighted by atomic mass is 32.1. The minimum atomic E-state index is -0.639. The van der Waals surface area contributed by atoms with Crippen molar-refractivity contribution >= 4 is 23.2 Å². The normalized spacial score (nSPS) is 13.4. The number of nitrogens with zero attached hydrogens (tertiary/aromatic N) is 2. The van der Waals surface area contributed by atoms with Gasteiger partial charge in [0.2, 0.25) is 0 Å². The maximum atomic E-state index is 12.8. The lowest BCUT2D eigenvalue weighted by Crippen LogP contribution is -2.29. The third-order valence-corrected chi connectivity index (χ3v) is 4.68. The van der Waals surface area contributed by atoms with Gasteiger partial charge in [-0.3, -0.25) is 14.5 Å². The molecule has 118 valence electrons. The van der Waals surface area contributed by atoms with E-state index >= 15 is 0 Å². The second-order valence-corrected chi connectivity index (χ2v) is 6.25. The first-order valence-electron chi connectivity index (χ1n) is 7.23. The van der Waals surface area contributed by atoms with Gasteiger partial charge in [0.15, 0.2) is 0 Å². The van der Waals surface area contributed by atoms with E-state index in [0.717, 1.165) is 10.5 Å². The lowest BCUT2D eigenvalue weighted by atomic mass is 10.1. The molecule has 0 atom stereocenters. The Morgan fingerprint density at radius 2 is 1.79 bits per heavy atom. The number of rotatable bonds is 3. The van der Waals surface area contributed by atoms with Crippen molar-refractivity contribution in [3.63, 3.8) is 0 Å². The number of nitrogens with one attached hydrogen (secondary N) is 1. The summed E-state index contributed by atoms with van der Waals surface area (Å²) < 4.78 is 0. The fourth-order valence-corrected chi connectivity index (χ4v) is 3.44. The summed E-state index contributed by atoms with van der Waals surface area (Å²) in [7, 11) is 0. The molecular formula is C17H11N3O3S. The summed E-state index contributed by atoms with van der Waals surface area (Å²) >= 11 is 1.38. The molecule has 1 aromatic carbocycles. The zero-order valence-electron chi connectivity index (χ0n) is 12.4. The molecule has 4 rings (SSSR count). The second-order valence-electron chi connectivity index (χ2n) is 5.30. The van der Waals surface area contributed by atoms with Crippen LogP contribution in [0.5, 0.6) is 0 Å². The zero-order chi connectivity index (χ0) is 16.7. The number of hydrogen-bond donors (Lipinski definition) is 1. The predicted molar refractivity (Wildman–Crippen MR) is 88.8 cm³/mol. The molecule has 1 aliphatic heterocycles. The molecule has 0 fully saturated rings. The first-order chi connectivity index (χ1) is 11.6. The van der Waals surface area contributed by atoms with Crippen LogP contribution < -0.4 is 5.69 Å². The Morgan fingerprint density at radius 1 is 1.00 bits per heavy atom. The van der Waals surface area contributed by atoms with Crippen molar-refractivity contribution in [1.82, 2.24) is 14.9 Å². The minimum Gasteiger partial charge on any atom is -0.304 e. The van der Waals surface area contributed by atoms with Crippen LogP contribution in [0, 0.1) is 0 Å². The van der Waals surface area contributed by atoms with Crippen LogP contribution in [-0.2, 0) is 6.54 Å². The van der Waals surface area contributed by atoms with Crippen LogP contribution in [0.1, 0.15) is 26.4 Å². The zero-order valence-corrected chi connectivity index (χ0v) is 13.2. The lowest BCUT2D eigenvalue weighted by molar-refractivity contribution is 0.0640. The minimum absolute atomic E-state index is 0.0805. The van der Waals surface area contributed by atoms with Crippen LogP contribution >= 0.6 is 11.3 Å². The summed E-state index contributed by atoms with van der Waals surface area (Å²) in [5, 5.41) is 1.84. The van der Waals surface area contributed by atoms with Crippen LogP contribution in [0.3, 0.4) is 0 Å². The first-order valence-corrected chi connectivity index (χ1v) is 8.11. The van der Waals surface area contributed by atoms with Crippen LogP contribution in [-0.4, -0.2) is 26.7 Å². The molecule has 3 aromatic rings. The number of amides is 2. The van der Waals surface area contributed by atoms with Crippen molar-refractivity contribution in [3.05, 3.63) is 75.1 Å². The van der Waals surface area contributed by atoms with Gasteiger partial charge in [-0.25, -0.2) is 4.79 Å². The van der Waals surface area contributed by atoms with E-state index in [2.05, 4.69) is 9.97 Å². The molecule has 3 heterocycles. The van der Waals surface area contributed by atoms with Crippen molar-refractivity contribution in [2.45, 2.75) is 6.54 Å². The van der Waals surface area contributed by atoms with Crippen LogP contribution in [0.25, 0.3) is 10.6 Å². The van der Waals surface area contributed by atoms with Gasteiger partial charge < -0.3 is 4.98 Å². The molecule has 7 heteroatoms. The average molecular weight is 337 g/mol. The third-order valence-electron chi connectivity index (χ3n) is 3.79. The van der Waals surface area contributed by atoms with Gasteiger partial charge in [0.25, 0.3) is 11.8 Å². The highest BCUT2D eigenvalue weighted by molar-refractivity contribution is 7.13. The largest absolute Gasteiger partial charge is 0.346 e. The molecular weight excluding hydrogens is 326 g/mol. The second kappa shape index (κ2) is 5.54. The monoisotopic (exact) mass is 337 g/mol. The summed E-state index contributed by atoms with van der Waals surface area (Å²) in [6.07, 6.45) is 0. The van der Waals surface area contributed by atoms with E-state index in [1.165, 1.54) is 11.3 Å². The fraction of sp³-hybridized carbons (Fsp3) is 0.0588. The number of hydrogen-bond acceptors (Lipinski definition) is 5. The first kappa shape index (κ1) is 14.5. The SMILES string of the molecule is O=C1c2nc(=O)[nH]c(-c3cccs3)c2C(=O)N1Cc1ccccc1. The molecule has 2 amide bonds. The summed E-state index contributed by atoms with van der Waals surface area (Å²) in [5.41, 5.74) is 0.630. The summed E-state index contributed by atoms with van der Waals surface area (Å²) in [6, 6.07) is 12.8. The van der Waals surface area contributed by atoms with Crippen molar-refractivity contribution in [3.8, 4) is 10.6 Å². The Labute approximate surface area is 140 Å². The van der Waals surface area contributed by atoms with Gasteiger partial charge in [-0.15, -0.1) is 11.3 Å². The summed E-state index contributed by atoms with van der Waals surface area (Å²) in [4.78, 5) is 45.3. The Bertz CT molecular complexity index is 994. The maximum absolute atomic E-state index is 12.8. The maximum Gasteiger partial charge on any atom is 0.346 e. The molecule has 0 unspecified atom stereocenters. The van der Waals surface area contributed by atoms with Gasteiger partial charge in [0.05, 0.1) is 22.7 Å². The van der Waals surface area contributed by atoms with E-state index in [9.17, 15) is 14.4 Å². The van der Waals surface area contributed by atoms with Crippen LogP contribution in [0.15, 0.2) is 52.6 Å². The molecule has 0 spiro atoms. The average Bonchev–Trinajstić information content (AvgIpc) is 3.19. The van der Waals surface area contributed by atoms with E-state index < -0.39 is 17.5 Å². The van der Waals surface area contributed by atoms with Crippen LogP contribution in [0.4, 0.5) is 0 Å². The van der Waals surface area contributed by atoms with Crippen molar-refractivity contribution in [2.75, 3.05) is 0 Å². The number of imide groups is 1. The van der Waals surface area contributed by atoms with Gasteiger partial charge in [-0.1, -0.05) is 36.4 Å². The molecule has 24 heavy (non-hydrogen) atoms. The molecule has 0 saturated carbocycles. The van der Waals surface area contributed by atoms with E-state index in [1.807, 2.05) is 41.8 Å². The van der Waals surface area contributed by atoms with Crippen molar-refractivity contribution < 1.29 is 9.59 Å². The van der Waals surface area contributed by atoms with Crippen molar-refractivity contribution in [1.29, 1.82) is 0 Å². The Balaban J connectivity index is 1.82. The number of aromatic nitrogens is 2. The quantitative estimate of drug-likeness (QED) is 0.743. The Kier molecular flexibility index (Phi) is 3.35. The number of carbonyl (C=O) groups excluding carboxylic acids is 2. The van der Waals surface area contributed by atoms with Gasteiger partial charge in [-0.2, -0.15) is 4.98 Å². The van der Waals surface area contributed by atoms with E-state index in [-0.39, 0.29) is 17.8 Å². The predicted octanol–water partition coefficient (Wildman–Crippen LogP) is 2.29. The number of thiophene rings is 1. The summed E-state index contributed by atoms with van der Waals surface area (Å²) in [5.74, 6) is -0.978. The Hall–Kier alpha value is -3.06. The molecule has 6 nitrogen and oxygen atoms in total. The number of carbonyl (C=O) groups is 2. The highest BCUT2D eigenvalue weighted by Crippen LogP contribution is 2.32. The van der Waals surface area contributed by atoms with E-state index in [4.69, 9.17) is 0 Å². The number of H-pyrrole nitrogens is 1. The molecule has 1 N–H and O–H groups in total. The third kappa shape index (κ3) is 2.26. The van der Waals surface area contributed by atoms with Crippen LogP contribution in [0.2, 0.25) is 0 Å². The van der Waals surface area contributed by atoms with E-state index in [1.54, 1.807) is 6.07 Å². The summed E-state index contributed by atoms with van der Waals surface area (Å²) in [6.45, 7) is 0.146. The highest BCUT2D eigenvalue weighted by Gasteiger charge is 2.40. The van der Waals surface area contributed by atoms with Crippen molar-refractivity contribution in [2.24, 2.45) is 0 Å². The Morgan fingerprint density at radius 3 is 2.50 bits per heavy atom. The standard InChI is InChI=1S/C17H11N3O3S/c21-15-12-13(11-7-4-8-24-11)18-17(23)19-14(12)16(22)20(15)9-10-5-2-1-3-6-10/h1-8H,9H2,(H,18,19,23). The molecule has 0 saturated heterocycles. The van der Waals surface area contributed by atoms with Gasteiger partial charge in [-0.05, 0) is 17.0 Å². The fourth-order valence-electron chi connectivity index (χ4n) is 2.71. The molecule has 1 aliphatic rings. The smallest absolute Gasteiger partial charge is 0.304 e. The molecule has 2 aromatic heterocycles. The topological polar surface area (TPSA) is 83.1 Å². The number of fused-ring (bicyclic) bond motifs is 1. The van der Waals surface area contributed by atoms with Gasteiger partial charge >= 0.3 is 5.69 Å². The molecule has 0 bridgehead atoms. The van der Waals surface area contributed by atoms with E-state index in [0.29, 0.717) is 10.6 Å². The number of benzene rings is 1. The lowest BCUT2D eigenvalue weighted by Gasteiger charge is -2.13. The number of aromatic amines is 1. The molecule has 0 radical (unpaired) electrons.